The molecule has 0 aliphatic carbocycles. The molecule has 6 nitrogen and oxygen atoms in total. The number of amides is 2. The van der Waals surface area contributed by atoms with Crippen molar-refractivity contribution in [3.8, 4) is 0 Å². The third-order valence-corrected chi connectivity index (χ3v) is 5.43. The fraction of sp³-hybridized carbons (Fsp3) is 0.0870. The minimum atomic E-state index is -0.507. The van der Waals surface area contributed by atoms with Crippen molar-refractivity contribution < 1.29 is 14.0 Å². The van der Waals surface area contributed by atoms with E-state index in [2.05, 4.69) is 29.1 Å². The van der Waals surface area contributed by atoms with E-state index in [0.29, 0.717) is 0 Å². The van der Waals surface area contributed by atoms with Crippen molar-refractivity contribution in [3.63, 3.8) is 0 Å². The Bertz CT molecular complexity index is 1160. The number of nitrogens with zero attached hydrogens (tertiary/aromatic N) is 1. The molecule has 0 radical (unpaired) electrons. The Morgan fingerprint density at radius 1 is 0.933 bits per heavy atom. The van der Waals surface area contributed by atoms with Gasteiger partial charge in [0.1, 0.15) is 5.03 Å². The third kappa shape index (κ3) is 4.87. The summed E-state index contributed by atoms with van der Waals surface area (Å²) in [5.74, 6) is -0.595. The summed E-state index contributed by atoms with van der Waals surface area (Å²) in [6.45, 7) is 0. The maximum Gasteiger partial charge on any atom is 0.305 e. The first-order valence-corrected chi connectivity index (χ1v) is 10.4. The smallest absolute Gasteiger partial charge is 0.305 e. The third-order valence-electron chi connectivity index (χ3n) is 4.40. The van der Waals surface area contributed by atoms with E-state index in [0.717, 1.165) is 27.9 Å². The monoisotopic (exact) mass is 417 g/mol. The highest BCUT2D eigenvalue weighted by atomic mass is 32.2. The predicted molar refractivity (Wildman–Crippen MR) is 116 cm³/mol. The van der Waals surface area contributed by atoms with Gasteiger partial charge in [0.05, 0.1) is 17.5 Å². The fourth-order valence-electron chi connectivity index (χ4n) is 2.98. The maximum absolute atomic E-state index is 12.2. The molecule has 2 heterocycles. The zero-order valence-electron chi connectivity index (χ0n) is 16.0. The number of furan rings is 1. The molecule has 0 aliphatic rings. The van der Waals surface area contributed by atoms with E-state index in [1.54, 1.807) is 6.07 Å². The quantitative estimate of drug-likeness (QED) is 0.366. The summed E-state index contributed by atoms with van der Waals surface area (Å²) in [4.78, 5) is 28.8. The minimum absolute atomic E-state index is 0.117. The average molecular weight is 417 g/mol. The van der Waals surface area contributed by atoms with E-state index >= 15 is 0 Å². The number of hydrazine groups is 1. The number of hydrogen-bond donors (Lipinski definition) is 2. The summed E-state index contributed by atoms with van der Waals surface area (Å²) >= 11 is 1.34. The van der Waals surface area contributed by atoms with Crippen LogP contribution in [0.25, 0.3) is 10.9 Å². The van der Waals surface area contributed by atoms with Gasteiger partial charge in [0.25, 0.3) is 0 Å². The zero-order chi connectivity index (χ0) is 20.8. The number of fused-ring (bicyclic) bond motifs is 1. The SMILES string of the molecule is O=C(CSc1nc2ccccc2cc1Cc1ccccc1)NNC(=O)c1ccco1. The van der Waals surface area contributed by atoms with Gasteiger partial charge in [-0.3, -0.25) is 20.4 Å². The number of carbonyl (C=O) groups excluding carboxylic acids is 2. The lowest BCUT2D eigenvalue weighted by atomic mass is 10.0. The first-order chi connectivity index (χ1) is 14.7. The molecular weight excluding hydrogens is 398 g/mol. The highest BCUT2D eigenvalue weighted by Crippen LogP contribution is 2.27. The van der Waals surface area contributed by atoms with E-state index in [4.69, 9.17) is 9.40 Å². The number of hydrogen-bond acceptors (Lipinski definition) is 5. The van der Waals surface area contributed by atoms with Gasteiger partial charge in [-0.1, -0.05) is 60.3 Å². The molecular formula is C23H19N3O3S. The van der Waals surface area contributed by atoms with Gasteiger partial charge in [0, 0.05) is 11.8 Å². The zero-order valence-corrected chi connectivity index (χ0v) is 16.8. The van der Waals surface area contributed by atoms with Gasteiger partial charge >= 0.3 is 5.91 Å². The number of aromatic nitrogens is 1. The topological polar surface area (TPSA) is 84.2 Å². The Hall–Kier alpha value is -3.58. The van der Waals surface area contributed by atoms with Crippen molar-refractivity contribution in [1.29, 1.82) is 0 Å². The van der Waals surface area contributed by atoms with Crippen LogP contribution in [0.4, 0.5) is 0 Å². The number of rotatable bonds is 6. The number of carbonyl (C=O) groups is 2. The molecule has 0 atom stereocenters. The fourth-order valence-corrected chi connectivity index (χ4v) is 3.79. The van der Waals surface area contributed by atoms with E-state index < -0.39 is 5.91 Å². The molecule has 0 unspecified atom stereocenters. The highest BCUT2D eigenvalue weighted by molar-refractivity contribution is 7.99. The number of para-hydroxylation sites is 1. The maximum atomic E-state index is 12.2. The van der Waals surface area contributed by atoms with Crippen LogP contribution in [0.2, 0.25) is 0 Å². The van der Waals surface area contributed by atoms with Gasteiger partial charge in [-0.05, 0) is 35.4 Å². The number of nitrogens with one attached hydrogen (secondary N) is 2. The van der Waals surface area contributed by atoms with Crippen LogP contribution >= 0.6 is 11.8 Å². The molecule has 4 aromatic rings. The number of pyridine rings is 1. The first kappa shape index (κ1) is 19.7. The number of thioether (sulfide) groups is 1. The number of benzene rings is 2. The molecule has 7 heteroatoms. The standard InChI is InChI=1S/C23H19N3O3S/c27-21(25-26-22(28)20-11-6-12-29-20)15-30-23-18(13-16-7-2-1-3-8-16)14-17-9-4-5-10-19(17)24-23/h1-12,14H,13,15H2,(H,25,27)(H,26,28). The van der Waals surface area contributed by atoms with Crippen molar-refractivity contribution >= 4 is 34.5 Å². The lowest BCUT2D eigenvalue weighted by Crippen LogP contribution is -2.42. The van der Waals surface area contributed by atoms with Crippen molar-refractivity contribution in [2.24, 2.45) is 0 Å². The Kier molecular flexibility index (Phi) is 6.10. The normalized spacial score (nSPS) is 10.7. The lowest BCUT2D eigenvalue weighted by Gasteiger charge is -2.11. The van der Waals surface area contributed by atoms with Crippen molar-refractivity contribution in [3.05, 3.63) is 95.9 Å². The molecule has 2 N–H and O–H groups in total. The molecule has 2 aromatic carbocycles. The van der Waals surface area contributed by atoms with Gasteiger partial charge in [-0.15, -0.1) is 0 Å². The average Bonchev–Trinajstić information content (AvgIpc) is 3.32. The van der Waals surface area contributed by atoms with Crippen molar-refractivity contribution in [2.75, 3.05) is 5.75 Å². The summed E-state index contributed by atoms with van der Waals surface area (Å²) < 4.78 is 4.99. The molecule has 0 saturated carbocycles. The second kappa shape index (κ2) is 9.28. The van der Waals surface area contributed by atoms with E-state index in [1.807, 2.05) is 42.5 Å². The Balaban J connectivity index is 1.46. The van der Waals surface area contributed by atoms with Gasteiger partial charge in [0.15, 0.2) is 5.76 Å². The Morgan fingerprint density at radius 3 is 2.53 bits per heavy atom. The molecule has 4 rings (SSSR count). The molecule has 2 aromatic heterocycles. The van der Waals surface area contributed by atoms with E-state index in [1.165, 1.54) is 29.7 Å². The van der Waals surface area contributed by atoms with Crippen LogP contribution in [0.3, 0.4) is 0 Å². The van der Waals surface area contributed by atoms with Crippen LogP contribution in [0, 0.1) is 0 Å². The molecule has 0 fully saturated rings. The molecule has 30 heavy (non-hydrogen) atoms. The molecule has 0 saturated heterocycles. The predicted octanol–water partition coefficient (Wildman–Crippen LogP) is 3.97. The second-order valence-electron chi connectivity index (χ2n) is 6.58. The summed E-state index contributed by atoms with van der Waals surface area (Å²) in [6, 6.07) is 23.3. The first-order valence-electron chi connectivity index (χ1n) is 9.37. The molecule has 150 valence electrons. The van der Waals surface area contributed by atoms with Gasteiger partial charge in [0.2, 0.25) is 5.91 Å². The summed E-state index contributed by atoms with van der Waals surface area (Å²) in [5, 5.41) is 1.85. The van der Waals surface area contributed by atoms with Crippen LogP contribution in [-0.2, 0) is 11.2 Å². The van der Waals surface area contributed by atoms with Gasteiger partial charge in [-0.25, -0.2) is 4.98 Å². The molecule has 0 spiro atoms. The summed E-state index contributed by atoms with van der Waals surface area (Å²) in [6.07, 6.45) is 2.12. The largest absolute Gasteiger partial charge is 0.459 e. The lowest BCUT2D eigenvalue weighted by molar-refractivity contribution is -0.119. The van der Waals surface area contributed by atoms with E-state index in [9.17, 15) is 9.59 Å². The van der Waals surface area contributed by atoms with Gasteiger partial charge < -0.3 is 4.42 Å². The van der Waals surface area contributed by atoms with Crippen molar-refractivity contribution in [1.82, 2.24) is 15.8 Å². The summed E-state index contributed by atoms with van der Waals surface area (Å²) in [5.41, 5.74) is 7.84. The minimum Gasteiger partial charge on any atom is -0.459 e. The van der Waals surface area contributed by atoms with Crippen LogP contribution in [-0.4, -0.2) is 22.6 Å². The van der Waals surface area contributed by atoms with Crippen LogP contribution in [0.5, 0.6) is 0 Å². The summed E-state index contributed by atoms with van der Waals surface area (Å²) in [7, 11) is 0. The van der Waals surface area contributed by atoms with Crippen LogP contribution in [0.1, 0.15) is 21.7 Å². The highest BCUT2D eigenvalue weighted by Gasteiger charge is 2.13. The van der Waals surface area contributed by atoms with E-state index in [-0.39, 0.29) is 17.4 Å². The van der Waals surface area contributed by atoms with Gasteiger partial charge in [-0.2, -0.15) is 0 Å². The molecule has 0 aliphatic heterocycles. The Morgan fingerprint density at radius 2 is 1.73 bits per heavy atom. The van der Waals surface area contributed by atoms with Crippen LogP contribution < -0.4 is 10.9 Å². The van der Waals surface area contributed by atoms with Crippen LogP contribution in [0.15, 0.2) is 88.5 Å². The molecule has 2 amide bonds. The molecule has 0 bridgehead atoms. The van der Waals surface area contributed by atoms with Crippen molar-refractivity contribution in [2.45, 2.75) is 11.4 Å². The Labute approximate surface area is 177 Å². The second-order valence-corrected chi connectivity index (χ2v) is 7.54.